The molecule has 4 N–H and O–H groups in total. The first kappa shape index (κ1) is 27.9. The maximum absolute atomic E-state index is 12.6. The Morgan fingerprint density at radius 2 is 1.85 bits per heavy atom. The van der Waals surface area contributed by atoms with E-state index < -0.39 is 0 Å². The molecule has 1 unspecified atom stereocenters. The molecule has 0 bridgehead atoms. The number of aryl methyl sites for hydroxylation is 1. The highest BCUT2D eigenvalue weighted by molar-refractivity contribution is 6.32. The van der Waals surface area contributed by atoms with E-state index in [-0.39, 0.29) is 18.1 Å². The Balaban J connectivity index is 0.00000118. The number of nitrogens with zero attached hydrogens (tertiary/aromatic N) is 6. The van der Waals surface area contributed by atoms with Gasteiger partial charge < -0.3 is 25.6 Å². The summed E-state index contributed by atoms with van der Waals surface area (Å²) in [5.41, 5.74) is 3.08. The van der Waals surface area contributed by atoms with E-state index in [2.05, 4.69) is 40.9 Å². The summed E-state index contributed by atoms with van der Waals surface area (Å²) in [5, 5.41) is 17.9. The number of fused-ring (bicyclic) bond motifs is 1. The molecule has 0 aliphatic carbocycles. The second-order valence-electron chi connectivity index (χ2n) is 8.50. The van der Waals surface area contributed by atoms with Gasteiger partial charge in [0.15, 0.2) is 5.82 Å². The van der Waals surface area contributed by atoms with E-state index in [1.54, 1.807) is 54.7 Å². The van der Waals surface area contributed by atoms with Crippen LogP contribution in [0, 0.1) is 0 Å². The standard InChI is InChI=1S/C26H24ClN9O.CH2O2/c1-16(24-29-9-4-10-30-24)33-21-12-23(37)36(2)22-7-6-18(11-19(21)22)34-25-20(27)15-32-26(35-25)31-14-17-5-3-8-28-13-17;2-1-3/h3-13,15-16,33H,14H2,1-2H3,(H2,31,32,34,35);1H,(H,2,3). The van der Waals surface area contributed by atoms with E-state index >= 15 is 0 Å². The summed E-state index contributed by atoms with van der Waals surface area (Å²) in [5.74, 6) is 1.51. The third kappa shape index (κ3) is 6.85. The third-order valence-corrected chi connectivity index (χ3v) is 6.05. The van der Waals surface area contributed by atoms with Gasteiger partial charge in [-0.2, -0.15) is 4.98 Å². The molecule has 13 heteroatoms. The SMILES string of the molecule is CC(Nc1cc(=O)n(C)c2ccc(Nc3nc(NCc4cccnc4)ncc3Cl)cc12)c1ncccn1.O=CO. The Morgan fingerprint density at radius 1 is 1.07 bits per heavy atom. The molecule has 0 saturated heterocycles. The smallest absolute Gasteiger partial charge is 0.290 e. The highest BCUT2D eigenvalue weighted by Gasteiger charge is 2.14. The van der Waals surface area contributed by atoms with Crippen molar-refractivity contribution in [3.63, 3.8) is 0 Å². The molecule has 4 aromatic heterocycles. The molecule has 0 radical (unpaired) electrons. The van der Waals surface area contributed by atoms with E-state index in [1.807, 2.05) is 37.3 Å². The molecule has 204 valence electrons. The van der Waals surface area contributed by atoms with Gasteiger partial charge in [0, 0.05) is 61.2 Å². The summed E-state index contributed by atoms with van der Waals surface area (Å²) in [6.45, 7) is 2.22. The van der Waals surface area contributed by atoms with Crippen LogP contribution >= 0.6 is 11.6 Å². The predicted octanol–water partition coefficient (Wildman–Crippen LogP) is 4.40. The molecule has 0 fully saturated rings. The number of anilines is 4. The van der Waals surface area contributed by atoms with Crippen molar-refractivity contribution in [1.82, 2.24) is 29.5 Å². The molecule has 0 amide bonds. The lowest BCUT2D eigenvalue weighted by atomic mass is 10.1. The molecule has 0 aliphatic rings. The number of hydrogen-bond acceptors (Lipinski definition) is 10. The van der Waals surface area contributed by atoms with Gasteiger partial charge in [0.1, 0.15) is 10.8 Å². The maximum Gasteiger partial charge on any atom is 0.290 e. The molecule has 0 spiro atoms. The van der Waals surface area contributed by atoms with E-state index in [9.17, 15) is 4.79 Å². The van der Waals surface area contributed by atoms with Crippen LogP contribution in [0.25, 0.3) is 10.9 Å². The van der Waals surface area contributed by atoms with E-state index in [0.717, 1.165) is 22.2 Å². The van der Waals surface area contributed by atoms with Crippen LogP contribution in [0.5, 0.6) is 0 Å². The van der Waals surface area contributed by atoms with Crippen LogP contribution in [0.4, 0.5) is 23.1 Å². The van der Waals surface area contributed by atoms with Crippen LogP contribution in [0.2, 0.25) is 5.02 Å². The maximum atomic E-state index is 12.6. The second kappa shape index (κ2) is 13.1. The van der Waals surface area contributed by atoms with Gasteiger partial charge in [0.25, 0.3) is 12.0 Å². The normalized spacial score (nSPS) is 11.2. The minimum absolute atomic E-state index is 0.125. The topological polar surface area (TPSA) is 160 Å². The van der Waals surface area contributed by atoms with E-state index in [4.69, 9.17) is 21.5 Å². The molecule has 5 rings (SSSR count). The van der Waals surface area contributed by atoms with Crippen molar-refractivity contribution in [3.8, 4) is 0 Å². The van der Waals surface area contributed by atoms with Gasteiger partial charge in [-0.25, -0.2) is 15.0 Å². The fraction of sp³-hybridized carbons (Fsp3) is 0.148. The summed E-state index contributed by atoms with van der Waals surface area (Å²) in [7, 11) is 1.74. The number of halogens is 1. The highest BCUT2D eigenvalue weighted by Crippen LogP contribution is 2.30. The van der Waals surface area contributed by atoms with Crippen LogP contribution in [0.15, 0.2) is 78.2 Å². The third-order valence-electron chi connectivity index (χ3n) is 5.77. The highest BCUT2D eigenvalue weighted by atomic mass is 35.5. The van der Waals surface area contributed by atoms with Gasteiger partial charge in [-0.15, -0.1) is 0 Å². The Kier molecular flexibility index (Phi) is 9.15. The van der Waals surface area contributed by atoms with E-state index in [0.29, 0.717) is 34.8 Å². The van der Waals surface area contributed by atoms with E-state index in [1.165, 1.54) is 0 Å². The molecular formula is C27H26ClN9O3. The minimum Gasteiger partial charge on any atom is -0.483 e. The number of rotatable bonds is 8. The van der Waals surface area contributed by atoms with Crippen LogP contribution in [0.1, 0.15) is 24.4 Å². The summed E-state index contributed by atoms with van der Waals surface area (Å²) in [6.07, 6.45) is 8.43. The number of nitrogens with one attached hydrogen (secondary N) is 3. The van der Waals surface area contributed by atoms with Crippen molar-refractivity contribution in [1.29, 1.82) is 0 Å². The van der Waals surface area contributed by atoms with Crippen molar-refractivity contribution in [3.05, 3.63) is 100 Å². The minimum atomic E-state index is -0.250. The fourth-order valence-electron chi connectivity index (χ4n) is 3.85. The lowest BCUT2D eigenvalue weighted by Gasteiger charge is -2.18. The van der Waals surface area contributed by atoms with Gasteiger partial charge in [-0.3, -0.25) is 14.6 Å². The molecule has 1 aromatic carbocycles. The fourth-order valence-corrected chi connectivity index (χ4v) is 3.99. The Morgan fingerprint density at radius 3 is 2.58 bits per heavy atom. The van der Waals surface area contributed by atoms with Crippen LogP contribution < -0.4 is 21.5 Å². The average molecular weight is 560 g/mol. The Bertz CT molecular complexity index is 1650. The van der Waals surface area contributed by atoms with Gasteiger partial charge >= 0.3 is 0 Å². The number of carboxylic acid groups (broad SMARTS) is 1. The lowest BCUT2D eigenvalue weighted by molar-refractivity contribution is -0.122. The number of carbonyl (C=O) groups is 1. The summed E-state index contributed by atoms with van der Waals surface area (Å²) in [6, 6.07) is 12.7. The number of aromatic nitrogens is 6. The van der Waals surface area contributed by atoms with Crippen LogP contribution in [-0.2, 0) is 18.4 Å². The summed E-state index contributed by atoms with van der Waals surface area (Å²) >= 11 is 6.40. The first-order chi connectivity index (χ1) is 19.4. The predicted molar refractivity (Wildman–Crippen MR) is 154 cm³/mol. The molecule has 1 atom stereocenters. The van der Waals surface area contributed by atoms with Crippen molar-refractivity contribution in [2.75, 3.05) is 16.0 Å². The first-order valence-electron chi connectivity index (χ1n) is 12.1. The van der Waals surface area contributed by atoms with Crippen LogP contribution in [-0.4, -0.2) is 41.1 Å². The van der Waals surface area contributed by atoms with Crippen LogP contribution in [0.3, 0.4) is 0 Å². The molecule has 0 saturated carbocycles. The molecule has 0 aliphatic heterocycles. The quantitative estimate of drug-likeness (QED) is 0.199. The monoisotopic (exact) mass is 559 g/mol. The second-order valence-corrected chi connectivity index (χ2v) is 8.90. The van der Waals surface area contributed by atoms with Crippen molar-refractivity contribution >= 4 is 52.1 Å². The van der Waals surface area contributed by atoms with Gasteiger partial charge in [0.05, 0.1) is 17.8 Å². The molecule has 12 nitrogen and oxygen atoms in total. The van der Waals surface area contributed by atoms with Crippen molar-refractivity contribution < 1.29 is 9.90 Å². The number of pyridine rings is 2. The number of hydrogen-bond donors (Lipinski definition) is 4. The molecular weight excluding hydrogens is 534 g/mol. The molecule has 5 aromatic rings. The largest absolute Gasteiger partial charge is 0.483 e. The van der Waals surface area contributed by atoms with Crippen molar-refractivity contribution in [2.24, 2.45) is 7.05 Å². The Hall–Kier alpha value is -5.10. The van der Waals surface area contributed by atoms with Crippen molar-refractivity contribution in [2.45, 2.75) is 19.5 Å². The van der Waals surface area contributed by atoms with Gasteiger partial charge in [0.2, 0.25) is 5.95 Å². The lowest BCUT2D eigenvalue weighted by Crippen LogP contribution is -2.19. The average Bonchev–Trinajstić information content (AvgIpc) is 2.97. The van der Waals surface area contributed by atoms with Gasteiger partial charge in [-0.1, -0.05) is 17.7 Å². The number of benzene rings is 1. The Labute approximate surface area is 234 Å². The first-order valence-corrected chi connectivity index (χ1v) is 12.4. The van der Waals surface area contributed by atoms with Gasteiger partial charge in [-0.05, 0) is 42.8 Å². The zero-order chi connectivity index (χ0) is 28.5. The summed E-state index contributed by atoms with van der Waals surface area (Å²) in [4.78, 5) is 42.5. The zero-order valence-electron chi connectivity index (χ0n) is 21.6. The summed E-state index contributed by atoms with van der Waals surface area (Å²) < 4.78 is 1.60. The molecule has 40 heavy (non-hydrogen) atoms. The molecule has 4 heterocycles. The zero-order valence-corrected chi connectivity index (χ0v) is 22.4.